The zero-order valence-electron chi connectivity index (χ0n) is 19.3. The van der Waals surface area contributed by atoms with Crippen LogP contribution in [-0.4, -0.2) is 12.6 Å². The van der Waals surface area contributed by atoms with Crippen molar-refractivity contribution in [1.29, 1.82) is 0 Å². The van der Waals surface area contributed by atoms with Crippen molar-refractivity contribution in [1.82, 2.24) is 5.32 Å². The van der Waals surface area contributed by atoms with Crippen molar-refractivity contribution in [3.05, 3.63) is 0 Å². The van der Waals surface area contributed by atoms with E-state index in [1.165, 1.54) is 64.3 Å². The van der Waals surface area contributed by atoms with Gasteiger partial charge in [0.2, 0.25) is 0 Å². The predicted molar refractivity (Wildman–Crippen MR) is 119 cm³/mol. The molecule has 0 spiro atoms. The Morgan fingerprint density at radius 2 is 1.56 bits per heavy atom. The lowest BCUT2D eigenvalue weighted by atomic mass is 9.65. The number of nitrogens with one attached hydrogen (secondary N) is 1. The van der Waals surface area contributed by atoms with E-state index in [2.05, 4.69) is 46.9 Å². The van der Waals surface area contributed by atoms with E-state index in [4.69, 9.17) is 0 Å². The fourth-order valence-corrected chi connectivity index (χ4v) is 7.10. The zero-order valence-corrected chi connectivity index (χ0v) is 19.3. The Balaban J connectivity index is 1.54. The molecule has 1 saturated heterocycles. The summed E-state index contributed by atoms with van der Waals surface area (Å²) in [6.45, 7) is 16.2. The van der Waals surface area contributed by atoms with Gasteiger partial charge in [-0.05, 0) is 92.4 Å². The Morgan fingerprint density at radius 1 is 0.815 bits per heavy atom. The summed E-state index contributed by atoms with van der Waals surface area (Å²) < 4.78 is 0. The van der Waals surface area contributed by atoms with Crippen LogP contribution < -0.4 is 5.32 Å². The molecule has 3 aliphatic rings. The van der Waals surface area contributed by atoms with Crippen molar-refractivity contribution in [2.75, 3.05) is 6.54 Å². The maximum atomic E-state index is 3.94. The molecule has 2 aliphatic carbocycles. The normalized spacial score (nSPS) is 46.6. The summed E-state index contributed by atoms with van der Waals surface area (Å²) in [5.41, 5.74) is 0. The van der Waals surface area contributed by atoms with Gasteiger partial charge in [-0.15, -0.1) is 0 Å². The molecule has 27 heavy (non-hydrogen) atoms. The van der Waals surface area contributed by atoms with Gasteiger partial charge in [0.05, 0.1) is 0 Å². The van der Waals surface area contributed by atoms with Crippen molar-refractivity contribution in [2.45, 2.75) is 105 Å². The van der Waals surface area contributed by atoms with Crippen LogP contribution in [0.3, 0.4) is 0 Å². The summed E-state index contributed by atoms with van der Waals surface area (Å²) in [5.74, 6) is 8.54. The third-order valence-corrected chi connectivity index (χ3v) is 9.63. The second-order valence-corrected chi connectivity index (χ2v) is 11.5. The molecule has 1 N–H and O–H groups in total. The molecule has 0 aromatic carbocycles. The Bertz CT molecular complexity index is 443. The molecule has 0 aromatic heterocycles. The first kappa shape index (κ1) is 21.7. The average molecular weight is 376 g/mol. The lowest BCUT2D eigenvalue weighted by molar-refractivity contribution is 0.0825. The first-order chi connectivity index (χ1) is 12.9. The van der Waals surface area contributed by atoms with E-state index in [9.17, 15) is 0 Å². The van der Waals surface area contributed by atoms with Crippen LogP contribution in [0, 0.1) is 53.3 Å². The number of piperidine rings is 1. The van der Waals surface area contributed by atoms with Crippen LogP contribution in [0.1, 0.15) is 99.3 Å². The first-order valence-corrected chi connectivity index (χ1v) is 12.6. The lowest BCUT2D eigenvalue weighted by Gasteiger charge is -2.44. The molecule has 1 aliphatic heterocycles. The Kier molecular flexibility index (Phi) is 7.73. The van der Waals surface area contributed by atoms with E-state index in [-0.39, 0.29) is 0 Å². The fraction of sp³-hybridized carbons (Fsp3) is 1.00. The van der Waals surface area contributed by atoms with Crippen LogP contribution in [0.15, 0.2) is 0 Å². The van der Waals surface area contributed by atoms with Gasteiger partial charge in [0.25, 0.3) is 0 Å². The smallest absolute Gasteiger partial charge is 0.00672 e. The monoisotopic (exact) mass is 375 g/mol. The topological polar surface area (TPSA) is 12.0 Å². The quantitative estimate of drug-likeness (QED) is 0.537. The second-order valence-electron chi connectivity index (χ2n) is 11.5. The molecule has 1 heterocycles. The van der Waals surface area contributed by atoms with Gasteiger partial charge in [0.1, 0.15) is 0 Å². The van der Waals surface area contributed by atoms with Crippen LogP contribution in [0.25, 0.3) is 0 Å². The van der Waals surface area contributed by atoms with Gasteiger partial charge >= 0.3 is 0 Å². The highest BCUT2D eigenvalue weighted by Crippen LogP contribution is 2.44. The van der Waals surface area contributed by atoms with Gasteiger partial charge < -0.3 is 5.32 Å². The molecule has 158 valence electrons. The third kappa shape index (κ3) is 5.31. The summed E-state index contributed by atoms with van der Waals surface area (Å²) in [4.78, 5) is 0. The van der Waals surface area contributed by atoms with Crippen LogP contribution in [0.2, 0.25) is 0 Å². The number of hydrogen-bond acceptors (Lipinski definition) is 1. The summed E-state index contributed by atoms with van der Waals surface area (Å²) in [5, 5.41) is 3.94. The standard InChI is InChI=1S/C26H49N/c1-17(2)22-8-7-9-24(14-22)25-15-23(21(6)27-16-25)12-13-26-19(4)11-10-18(3)20(26)5/h17-27H,7-16H2,1-6H3/t18?,19-,20+,21?,22+,23-,24?,25?,26?/m0/s1. The zero-order chi connectivity index (χ0) is 19.6. The Labute approximate surface area is 170 Å². The van der Waals surface area contributed by atoms with Gasteiger partial charge in [0.15, 0.2) is 0 Å². The largest absolute Gasteiger partial charge is 0.314 e. The molecule has 1 nitrogen and oxygen atoms in total. The second kappa shape index (κ2) is 9.64. The number of rotatable bonds is 5. The van der Waals surface area contributed by atoms with Crippen molar-refractivity contribution in [3.8, 4) is 0 Å². The van der Waals surface area contributed by atoms with E-state index in [0.717, 1.165) is 59.3 Å². The molecule has 2 saturated carbocycles. The fourth-order valence-electron chi connectivity index (χ4n) is 7.10. The minimum Gasteiger partial charge on any atom is -0.314 e. The molecule has 0 amide bonds. The van der Waals surface area contributed by atoms with Gasteiger partial charge in [0, 0.05) is 6.04 Å². The van der Waals surface area contributed by atoms with E-state index >= 15 is 0 Å². The molecule has 0 aromatic rings. The SMILES string of the molecule is CC(C)[C@@H]1CCCC(C2CNC(C)[C@@H](CCC3[C@H](C)C(C)CC[C@@H]3C)C2)C1. The van der Waals surface area contributed by atoms with Crippen molar-refractivity contribution < 1.29 is 0 Å². The maximum absolute atomic E-state index is 3.94. The summed E-state index contributed by atoms with van der Waals surface area (Å²) in [6, 6.07) is 0.734. The third-order valence-electron chi connectivity index (χ3n) is 9.63. The van der Waals surface area contributed by atoms with E-state index in [1.54, 1.807) is 0 Å². The van der Waals surface area contributed by atoms with Gasteiger partial charge in [-0.2, -0.15) is 0 Å². The van der Waals surface area contributed by atoms with Crippen molar-refractivity contribution in [3.63, 3.8) is 0 Å². The Morgan fingerprint density at radius 3 is 2.30 bits per heavy atom. The minimum absolute atomic E-state index is 0.734. The predicted octanol–water partition coefficient (Wildman–Crippen LogP) is 7.16. The number of hydrogen-bond donors (Lipinski definition) is 1. The molecule has 0 bridgehead atoms. The van der Waals surface area contributed by atoms with Gasteiger partial charge in [-0.3, -0.25) is 0 Å². The first-order valence-electron chi connectivity index (χ1n) is 12.6. The van der Waals surface area contributed by atoms with E-state index in [1.807, 2.05) is 0 Å². The van der Waals surface area contributed by atoms with Crippen molar-refractivity contribution in [2.24, 2.45) is 53.3 Å². The molecule has 0 radical (unpaired) electrons. The van der Waals surface area contributed by atoms with E-state index in [0.29, 0.717) is 0 Å². The highest BCUT2D eigenvalue weighted by atomic mass is 14.9. The molecule has 3 fully saturated rings. The average Bonchev–Trinajstić information content (AvgIpc) is 2.66. The van der Waals surface area contributed by atoms with E-state index < -0.39 is 0 Å². The van der Waals surface area contributed by atoms with Crippen LogP contribution >= 0.6 is 0 Å². The molecular weight excluding hydrogens is 326 g/mol. The van der Waals surface area contributed by atoms with Crippen LogP contribution in [0.4, 0.5) is 0 Å². The summed E-state index contributed by atoms with van der Waals surface area (Å²) in [7, 11) is 0. The molecule has 5 unspecified atom stereocenters. The minimum atomic E-state index is 0.734. The highest BCUT2D eigenvalue weighted by Gasteiger charge is 2.37. The molecule has 3 rings (SSSR count). The lowest BCUT2D eigenvalue weighted by Crippen LogP contribution is -2.46. The molecular formula is C26H49N. The molecule has 1 heteroatoms. The summed E-state index contributed by atoms with van der Waals surface area (Å²) in [6.07, 6.45) is 13.4. The van der Waals surface area contributed by atoms with Crippen molar-refractivity contribution >= 4 is 0 Å². The highest BCUT2D eigenvalue weighted by molar-refractivity contribution is 4.90. The summed E-state index contributed by atoms with van der Waals surface area (Å²) >= 11 is 0. The Hall–Kier alpha value is -0.0400. The molecule has 9 atom stereocenters. The van der Waals surface area contributed by atoms with Crippen LogP contribution in [-0.2, 0) is 0 Å². The van der Waals surface area contributed by atoms with Gasteiger partial charge in [-0.1, -0.05) is 66.7 Å². The van der Waals surface area contributed by atoms with Gasteiger partial charge in [-0.25, -0.2) is 0 Å². The van der Waals surface area contributed by atoms with Crippen LogP contribution in [0.5, 0.6) is 0 Å². The maximum Gasteiger partial charge on any atom is 0.00672 e.